The van der Waals surface area contributed by atoms with Crippen LogP contribution in [-0.2, 0) is 14.8 Å². The number of nitrogens with one attached hydrogen (secondary N) is 1. The number of sulfonamides is 1. The number of ketones is 1. The molecule has 144 valence electrons. The highest BCUT2D eigenvalue weighted by molar-refractivity contribution is 7.92. The average molecular weight is 398 g/mol. The van der Waals surface area contributed by atoms with Gasteiger partial charge in [-0.15, -0.1) is 0 Å². The third-order valence-electron chi connectivity index (χ3n) is 3.91. The first kappa shape index (κ1) is 19.5. The van der Waals surface area contributed by atoms with Crippen molar-refractivity contribution in [3.05, 3.63) is 71.4 Å². The van der Waals surface area contributed by atoms with Crippen LogP contribution in [0.25, 0.3) is 10.9 Å². The molecule has 3 aromatic rings. The molecule has 0 unspecified atom stereocenters. The Kier molecular flexibility index (Phi) is 5.41. The lowest BCUT2D eigenvalue weighted by Gasteiger charge is -2.09. The largest absolute Gasteiger partial charge is 0.454 e. The van der Waals surface area contributed by atoms with Gasteiger partial charge in [-0.25, -0.2) is 13.2 Å². The van der Waals surface area contributed by atoms with Crippen molar-refractivity contribution < 1.29 is 22.7 Å². The topological polar surface area (TPSA) is 102 Å². The fourth-order valence-electron chi connectivity index (χ4n) is 2.71. The van der Waals surface area contributed by atoms with Gasteiger partial charge in [0.15, 0.2) is 12.4 Å². The SMILES string of the molecule is Cc1cc(C(=O)OCC(=O)c2ccc(NS(C)(=O)=O)cc2)c2ccccc2n1. The highest BCUT2D eigenvalue weighted by Crippen LogP contribution is 2.19. The van der Waals surface area contributed by atoms with Crippen LogP contribution in [0.15, 0.2) is 54.6 Å². The maximum absolute atomic E-state index is 12.5. The summed E-state index contributed by atoms with van der Waals surface area (Å²) >= 11 is 0. The number of rotatable bonds is 6. The lowest BCUT2D eigenvalue weighted by molar-refractivity contribution is 0.0476. The Morgan fingerprint density at radius 2 is 1.75 bits per heavy atom. The van der Waals surface area contributed by atoms with Crippen molar-refractivity contribution in [2.75, 3.05) is 17.6 Å². The van der Waals surface area contributed by atoms with Crippen LogP contribution in [0.3, 0.4) is 0 Å². The predicted octanol–water partition coefficient (Wildman–Crippen LogP) is 2.95. The van der Waals surface area contributed by atoms with Gasteiger partial charge in [-0.3, -0.25) is 14.5 Å². The van der Waals surface area contributed by atoms with Crippen LogP contribution in [0.1, 0.15) is 26.4 Å². The van der Waals surface area contributed by atoms with Gasteiger partial charge >= 0.3 is 5.97 Å². The molecule has 0 saturated heterocycles. The summed E-state index contributed by atoms with van der Waals surface area (Å²) in [5, 5.41) is 0.654. The number of nitrogens with zero attached hydrogens (tertiary/aromatic N) is 1. The molecule has 1 N–H and O–H groups in total. The van der Waals surface area contributed by atoms with Gasteiger partial charge in [0.2, 0.25) is 10.0 Å². The summed E-state index contributed by atoms with van der Waals surface area (Å²) < 4.78 is 29.9. The van der Waals surface area contributed by atoms with Gasteiger partial charge in [-0.05, 0) is 43.3 Å². The third-order valence-corrected chi connectivity index (χ3v) is 4.52. The maximum Gasteiger partial charge on any atom is 0.339 e. The molecule has 0 aliphatic carbocycles. The van der Waals surface area contributed by atoms with E-state index in [2.05, 4.69) is 9.71 Å². The van der Waals surface area contributed by atoms with Gasteiger partial charge in [0.25, 0.3) is 0 Å². The second-order valence-electron chi connectivity index (χ2n) is 6.28. The number of fused-ring (bicyclic) bond motifs is 1. The molecule has 7 nitrogen and oxygen atoms in total. The number of Topliss-reactive ketones (excluding diaryl/α,β-unsaturated/α-hetero) is 1. The normalized spacial score (nSPS) is 11.2. The van der Waals surface area contributed by atoms with Crippen molar-refractivity contribution >= 4 is 38.4 Å². The van der Waals surface area contributed by atoms with Gasteiger partial charge in [0.1, 0.15) is 0 Å². The Balaban J connectivity index is 1.70. The summed E-state index contributed by atoms with van der Waals surface area (Å²) in [6.07, 6.45) is 1.04. The van der Waals surface area contributed by atoms with Crippen LogP contribution in [0.5, 0.6) is 0 Å². The van der Waals surface area contributed by atoms with Crippen molar-refractivity contribution in [2.45, 2.75) is 6.92 Å². The van der Waals surface area contributed by atoms with Gasteiger partial charge in [-0.1, -0.05) is 18.2 Å². The van der Waals surface area contributed by atoms with Crippen LogP contribution in [-0.4, -0.2) is 38.0 Å². The van der Waals surface area contributed by atoms with E-state index in [1.807, 2.05) is 6.07 Å². The van der Waals surface area contributed by atoms with Crippen molar-refractivity contribution in [3.8, 4) is 0 Å². The van der Waals surface area contributed by atoms with E-state index >= 15 is 0 Å². The second kappa shape index (κ2) is 7.77. The third kappa shape index (κ3) is 4.72. The lowest BCUT2D eigenvalue weighted by atomic mass is 10.1. The van der Waals surface area contributed by atoms with Crippen molar-refractivity contribution in [1.82, 2.24) is 4.98 Å². The molecule has 0 fully saturated rings. The van der Waals surface area contributed by atoms with Gasteiger partial charge in [0.05, 0.1) is 17.3 Å². The number of para-hydroxylation sites is 1. The molecule has 0 amide bonds. The maximum atomic E-state index is 12.5. The minimum atomic E-state index is -3.39. The first-order valence-corrected chi connectivity index (χ1v) is 10.3. The van der Waals surface area contributed by atoms with Crippen LogP contribution < -0.4 is 4.72 Å². The van der Waals surface area contributed by atoms with Gasteiger partial charge in [0, 0.05) is 22.3 Å². The number of hydrogen-bond acceptors (Lipinski definition) is 6. The number of pyridine rings is 1. The molecule has 1 aromatic heterocycles. The summed E-state index contributed by atoms with van der Waals surface area (Å²) in [5.41, 5.74) is 2.35. The Morgan fingerprint density at radius 1 is 1.07 bits per heavy atom. The van der Waals surface area contributed by atoms with E-state index in [1.165, 1.54) is 24.3 Å². The van der Waals surface area contributed by atoms with Crippen LogP contribution in [0.4, 0.5) is 5.69 Å². The van der Waals surface area contributed by atoms with Crippen LogP contribution in [0, 0.1) is 6.92 Å². The molecule has 0 saturated carbocycles. The number of carbonyl (C=O) groups excluding carboxylic acids is 2. The quantitative estimate of drug-likeness (QED) is 0.506. The van der Waals surface area contributed by atoms with Crippen LogP contribution >= 0.6 is 0 Å². The van der Waals surface area contributed by atoms with Crippen molar-refractivity contribution in [1.29, 1.82) is 0 Å². The minimum Gasteiger partial charge on any atom is -0.454 e. The summed E-state index contributed by atoms with van der Waals surface area (Å²) in [4.78, 5) is 29.1. The minimum absolute atomic E-state index is 0.308. The lowest BCUT2D eigenvalue weighted by Crippen LogP contribution is -2.15. The van der Waals surface area contributed by atoms with E-state index in [0.717, 1.165) is 6.26 Å². The monoisotopic (exact) mass is 398 g/mol. The number of hydrogen-bond donors (Lipinski definition) is 1. The van der Waals surface area contributed by atoms with E-state index in [1.54, 1.807) is 31.2 Å². The van der Waals surface area contributed by atoms with Crippen molar-refractivity contribution in [2.24, 2.45) is 0 Å². The number of ether oxygens (including phenoxy) is 1. The molecule has 0 spiro atoms. The molecule has 0 radical (unpaired) electrons. The summed E-state index contributed by atoms with van der Waals surface area (Å²) in [6, 6.07) is 14.7. The molecule has 0 aliphatic rings. The second-order valence-corrected chi connectivity index (χ2v) is 8.03. The summed E-state index contributed by atoms with van der Waals surface area (Å²) in [5.74, 6) is -1.00. The Bertz CT molecular complexity index is 1150. The molecule has 1 heterocycles. The molecular weight excluding hydrogens is 380 g/mol. The van der Waals surface area contributed by atoms with Gasteiger partial charge in [-0.2, -0.15) is 0 Å². The number of benzene rings is 2. The summed E-state index contributed by atoms with van der Waals surface area (Å²) in [7, 11) is -3.39. The molecule has 3 rings (SSSR count). The molecule has 0 atom stereocenters. The fraction of sp³-hybridized carbons (Fsp3) is 0.150. The summed E-state index contributed by atoms with van der Waals surface area (Å²) in [6.45, 7) is 1.36. The predicted molar refractivity (Wildman–Crippen MR) is 106 cm³/mol. The Hall–Kier alpha value is -3.26. The molecular formula is C20H18N2O5S. The zero-order valence-corrected chi connectivity index (χ0v) is 16.1. The molecule has 8 heteroatoms. The Labute approximate surface area is 162 Å². The number of anilines is 1. The molecule has 0 bridgehead atoms. The van der Waals surface area contributed by atoms with Gasteiger partial charge < -0.3 is 4.74 Å². The number of aryl methyl sites for hydroxylation is 1. The molecule has 2 aromatic carbocycles. The molecule has 0 aliphatic heterocycles. The number of esters is 1. The van der Waals surface area contributed by atoms with E-state index in [0.29, 0.717) is 33.4 Å². The molecule has 28 heavy (non-hydrogen) atoms. The average Bonchev–Trinajstić information content (AvgIpc) is 2.64. The fourth-order valence-corrected chi connectivity index (χ4v) is 3.27. The van der Waals surface area contributed by atoms with E-state index in [-0.39, 0.29) is 0 Å². The van der Waals surface area contributed by atoms with Crippen molar-refractivity contribution in [3.63, 3.8) is 0 Å². The Morgan fingerprint density at radius 3 is 2.43 bits per heavy atom. The number of carbonyl (C=O) groups is 2. The van der Waals surface area contributed by atoms with Crippen LogP contribution in [0.2, 0.25) is 0 Å². The van der Waals surface area contributed by atoms with E-state index in [9.17, 15) is 18.0 Å². The highest BCUT2D eigenvalue weighted by atomic mass is 32.2. The standard InChI is InChI=1S/C20H18N2O5S/c1-13-11-17(16-5-3-4-6-18(16)21-13)20(24)27-12-19(23)14-7-9-15(10-8-14)22-28(2,25)26/h3-11,22H,12H2,1-2H3. The zero-order valence-electron chi connectivity index (χ0n) is 15.3. The number of aromatic nitrogens is 1. The van der Waals surface area contributed by atoms with E-state index in [4.69, 9.17) is 4.74 Å². The van der Waals surface area contributed by atoms with E-state index < -0.39 is 28.4 Å². The highest BCUT2D eigenvalue weighted by Gasteiger charge is 2.16. The first-order chi connectivity index (χ1) is 13.2. The first-order valence-electron chi connectivity index (χ1n) is 8.37. The zero-order chi connectivity index (χ0) is 20.3. The smallest absolute Gasteiger partial charge is 0.339 e.